The normalized spacial score (nSPS) is 14.1. The number of ether oxygens (including phenoxy) is 1. The minimum absolute atomic E-state index is 0.0810. The monoisotopic (exact) mass is 475 g/mol. The Morgan fingerprint density at radius 2 is 1.31 bits per heavy atom. The number of benzene rings is 4. The number of anilines is 1. The first-order valence-electron chi connectivity index (χ1n) is 11.8. The lowest BCUT2D eigenvalue weighted by Crippen LogP contribution is -2.57. The minimum Gasteiger partial charge on any atom is -0.497 e. The van der Waals surface area contributed by atoms with Gasteiger partial charge in [-0.1, -0.05) is 91.0 Å². The molecule has 4 aromatic rings. The van der Waals surface area contributed by atoms with Crippen LogP contribution in [0.25, 0.3) is 0 Å². The lowest BCUT2D eigenvalue weighted by molar-refractivity contribution is 0.0588. The summed E-state index contributed by atoms with van der Waals surface area (Å²) in [4.78, 5) is 44.6. The number of Topliss-reactive ketones (excluding diaryl/α,β-unsaturated/α-hetero) is 3. The quantitative estimate of drug-likeness (QED) is 0.255. The van der Waals surface area contributed by atoms with E-state index in [1.54, 1.807) is 86.0 Å². The summed E-state index contributed by atoms with van der Waals surface area (Å²) in [5.41, 5.74) is 0.679. The molecule has 5 rings (SSSR count). The molecule has 1 heterocycles. The molecule has 5 heteroatoms. The number of rotatable bonds is 7. The van der Waals surface area contributed by atoms with Gasteiger partial charge >= 0.3 is 0 Å². The second kappa shape index (κ2) is 9.62. The van der Waals surface area contributed by atoms with Crippen LogP contribution in [-0.4, -0.2) is 31.0 Å². The molecule has 0 aromatic heterocycles. The van der Waals surface area contributed by atoms with Crippen LogP contribution in [-0.2, 0) is 6.54 Å². The lowest BCUT2D eigenvalue weighted by Gasteiger charge is -2.41. The second-order valence-electron chi connectivity index (χ2n) is 8.85. The van der Waals surface area contributed by atoms with Crippen molar-refractivity contribution in [2.24, 2.45) is 5.41 Å². The highest BCUT2D eigenvalue weighted by molar-refractivity contribution is 6.37. The Kier molecular flexibility index (Phi) is 6.21. The molecule has 0 bridgehead atoms. The summed E-state index contributed by atoms with van der Waals surface area (Å²) in [6, 6.07) is 32.1. The highest BCUT2D eigenvalue weighted by Crippen LogP contribution is 2.43. The third kappa shape index (κ3) is 3.99. The zero-order valence-corrected chi connectivity index (χ0v) is 19.9. The van der Waals surface area contributed by atoms with E-state index in [4.69, 9.17) is 4.74 Å². The molecule has 0 saturated carbocycles. The van der Waals surface area contributed by atoms with Crippen molar-refractivity contribution in [3.05, 3.63) is 131 Å². The molecular weight excluding hydrogens is 450 g/mol. The summed E-state index contributed by atoms with van der Waals surface area (Å²) in [7, 11) is 1.57. The van der Waals surface area contributed by atoms with Gasteiger partial charge in [-0.25, -0.2) is 0 Å². The van der Waals surface area contributed by atoms with Crippen LogP contribution in [0.5, 0.6) is 5.75 Å². The number of carbonyl (C=O) groups excluding carboxylic acids is 3. The van der Waals surface area contributed by atoms with Gasteiger partial charge in [-0.05, 0) is 17.7 Å². The number of carbonyl (C=O) groups is 3. The summed E-state index contributed by atoms with van der Waals surface area (Å²) in [5, 5.41) is 0. The topological polar surface area (TPSA) is 63.7 Å². The van der Waals surface area contributed by atoms with Crippen molar-refractivity contribution in [1.82, 2.24) is 0 Å². The number of methoxy groups -OCH3 is 1. The first-order valence-corrected chi connectivity index (χ1v) is 11.8. The van der Waals surface area contributed by atoms with Gasteiger partial charge in [0.15, 0.2) is 22.8 Å². The van der Waals surface area contributed by atoms with E-state index < -0.39 is 22.8 Å². The summed E-state index contributed by atoms with van der Waals surface area (Å²) in [5.74, 6) is -0.897. The van der Waals surface area contributed by atoms with Gasteiger partial charge in [0.2, 0.25) is 0 Å². The molecule has 178 valence electrons. The van der Waals surface area contributed by atoms with E-state index in [1.165, 1.54) is 0 Å². The van der Waals surface area contributed by atoms with Gasteiger partial charge in [-0.3, -0.25) is 14.4 Å². The fourth-order valence-corrected chi connectivity index (χ4v) is 4.83. The van der Waals surface area contributed by atoms with Crippen molar-refractivity contribution in [1.29, 1.82) is 0 Å². The average Bonchev–Trinajstić information content (AvgIpc) is 2.95. The third-order valence-electron chi connectivity index (χ3n) is 6.67. The fourth-order valence-electron chi connectivity index (χ4n) is 4.83. The predicted octanol–water partition coefficient (Wildman–Crippen LogP) is 5.65. The predicted molar refractivity (Wildman–Crippen MR) is 139 cm³/mol. The smallest absolute Gasteiger partial charge is 0.188 e. The molecule has 1 aliphatic heterocycles. The molecule has 0 saturated heterocycles. The standard InChI is InChI=1S/C31H25NO4/c1-36-25-17-18-26-27(19-25)32(20-22-11-5-2-6-12-22)21-31(30(26)35,28(33)23-13-7-3-8-14-23)29(34)24-15-9-4-10-16-24/h2-19H,20-21H2,1H3. The molecular formula is C31H25NO4. The lowest BCUT2D eigenvalue weighted by atomic mass is 9.67. The van der Waals surface area contributed by atoms with E-state index in [0.717, 1.165) is 5.56 Å². The van der Waals surface area contributed by atoms with Gasteiger partial charge in [-0.2, -0.15) is 0 Å². The van der Waals surface area contributed by atoms with Crippen LogP contribution in [0, 0.1) is 5.41 Å². The van der Waals surface area contributed by atoms with E-state index in [2.05, 4.69) is 0 Å². The second-order valence-corrected chi connectivity index (χ2v) is 8.85. The first kappa shape index (κ1) is 23.2. The van der Waals surface area contributed by atoms with Crippen molar-refractivity contribution in [3.63, 3.8) is 0 Å². The fraction of sp³-hybridized carbons (Fsp3) is 0.129. The van der Waals surface area contributed by atoms with E-state index in [9.17, 15) is 14.4 Å². The Hall–Kier alpha value is -4.51. The largest absolute Gasteiger partial charge is 0.497 e. The van der Waals surface area contributed by atoms with Gasteiger partial charge in [0, 0.05) is 35.8 Å². The molecule has 0 N–H and O–H groups in total. The van der Waals surface area contributed by atoms with Crippen molar-refractivity contribution in [2.75, 3.05) is 18.6 Å². The molecule has 0 aliphatic carbocycles. The van der Waals surface area contributed by atoms with Gasteiger partial charge < -0.3 is 9.64 Å². The molecule has 4 aromatic carbocycles. The molecule has 5 nitrogen and oxygen atoms in total. The summed E-state index contributed by atoms with van der Waals surface area (Å²) < 4.78 is 5.43. The molecule has 1 aliphatic rings. The molecule has 0 atom stereocenters. The van der Waals surface area contributed by atoms with Gasteiger partial charge in [-0.15, -0.1) is 0 Å². The number of ketones is 3. The maximum absolute atomic E-state index is 14.3. The first-order chi connectivity index (χ1) is 17.5. The molecule has 0 fully saturated rings. The molecule has 0 radical (unpaired) electrons. The summed E-state index contributed by atoms with van der Waals surface area (Å²) in [6.07, 6.45) is 0. The highest BCUT2D eigenvalue weighted by Gasteiger charge is 2.56. The Morgan fingerprint density at radius 3 is 1.83 bits per heavy atom. The van der Waals surface area contributed by atoms with E-state index in [0.29, 0.717) is 34.7 Å². The van der Waals surface area contributed by atoms with Crippen molar-refractivity contribution >= 4 is 23.0 Å². The number of hydrogen-bond acceptors (Lipinski definition) is 5. The zero-order valence-electron chi connectivity index (χ0n) is 19.9. The van der Waals surface area contributed by atoms with Crippen LogP contribution in [0.2, 0.25) is 0 Å². The number of fused-ring (bicyclic) bond motifs is 1. The van der Waals surface area contributed by atoms with Crippen LogP contribution in [0.15, 0.2) is 109 Å². The highest BCUT2D eigenvalue weighted by atomic mass is 16.5. The molecule has 0 amide bonds. The average molecular weight is 476 g/mol. The Labute approximate surface area is 210 Å². The molecule has 0 spiro atoms. The van der Waals surface area contributed by atoms with Crippen LogP contribution < -0.4 is 9.64 Å². The van der Waals surface area contributed by atoms with Crippen LogP contribution in [0.4, 0.5) is 5.69 Å². The Morgan fingerprint density at radius 1 is 0.778 bits per heavy atom. The van der Waals surface area contributed by atoms with Gasteiger partial charge in [0.05, 0.1) is 12.8 Å². The molecule has 0 unspecified atom stereocenters. The minimum atomic E-state index is -1.93. The number of hydrogen-bond donors (Lipinski definition) is 0. The van der Waals surface area contributed by atoms with Crippen molar-refractivity contribution < 1.29 is 19.1 Å². The maximum atomic E-state index is 14.3. The van der Waals surface area contributed by atoms with Crippen LogP contribution in [0.3, 0.4) is 0 Å². The summed E-state index contributed by atoms with van der Waals surface area (Å²) in [6.45, 7) is 0.336. The van der Waals surface area contributed by atoms with Crippen molar-refractivity contribution in [3.8, 4) is 5.75 Å². The van der Waals surface area contributed by atoms with Gasteiger partial charge in [0.25, 0.3) is 0 Å². The van der Waals surface area contributed by atoms with Crippen LogP contribution in [0.1, 0.15) is 36.6 Å². The van der Waals surface area contributed by atoms with Crippen molar-refractivity contribution in [2.45, 2.75) is 6.54 Å². The maximum Gasteiger partial charge on any atom is 0.188 e. The zero-order chi connectivity index (χ0) is 25.1. The van der Waals surface area contributed by atoms with Gasteiger partial charge in [0.1, 0.15) is 5.75 Å². The van der Waals surface area contributed by atoms with E-state index in [1.807, 2.05) is 35.2 Å². The van der Waals surface area contributed by atoms with E-state index in [-0.39, 0.29) is 6.54 Å². The Balaban J connectivity index is 1.72. The SMILES string of the molecule is COc1ccc2c(c1)N(Cc1ccccc1)CC(C(=O)c1ccccc1)(C(=O)c1ccccc1)C2=O. The molecule has 36 heavy (non-hydrogen) atoms. The van der Waals surface area contributed by atoms with E-state index >= 15 is 0 Å². The van der Waals surface area contributed by atoms with Crippen LogP contribution >= 0.6 is 0 Å². The number of nitrogens with zero attached hydrogens (tertiary/aromatic N) is 1. The third-order valence-corrected chi connectivity index (χ3v) is 6.67. The summed E-state index contributed by atoms with van der Waals surface area (Å²) >= 11 is 0. The Bertz CT molecular complexity index is 1360.